The molecular formula is C18H17NO3S. The molecule has 3 aromatic rings. The first-order valence-corrected chi connectivity index (χ1v) is 8.14. The largest absolute Gasteiger partial charge is 0.443 e. The summed E-state index contributed by atoms with van der Waals surface area (Å²) >= 11 is 1.39. The molecule has 0 saturated carbocycles. The third kappa shape index (κ3) is 3.05. The van der Waals surface area contributed by atoms with Crippen molar-refractivity contribution in [3.63, 3.8) is 0 Å². The van der Waals surface area contributed by atoms with E-state index >= 15 is 0 Å². The predicted molar refractivity (Wildman–Crippen MR) is 92.3 cm³/mol. The Morgan fingerprint density at radius 1 is 1.26 bits per heavy atom. The van der Waals surface area contributed by atoms with Crippen molar-refractivity contribution >= 4 is 34.6 Å². The fraction of sp³-hybridized carbons (Fsp3) is 0.222. The molecule has 2 aromatic heterocycles. The van der Waals surface area contributed by atoms with Gasteiger partial charge in [-0.05, 0) is 43.8 Å². The number of thiophene rings is 1. The highest BCUT2D eigenvalue weighted by molar-refractivity contribution is 7.12. The van der Waals surface area contributed by atoms with Gasteiger partial charge >= 0.3 is 6.09 Å². The summed E-state index contributed by atoms with van der Waals surface area (Å²) in [6.07, 6.45) is 2.20. The van der Waals surface area contributed by atoms with E-state index in [1.807, 2.05) is 56.5 Å². The molecule has 3 rings (SSSR count). The molecule has 0 fully saturated rings. The van der Waals surface area contributed by atoms with Gasteiger partial charge in [0.2, 0.25) is 0 Å². The summed E-state index contributed by atoms with van der Waals surface area (Å²) in [6.45, 7) is 5.52. The Hall–Kier alpha value is -2.40. The number of carbonyl (C=O) groups is 2. The quantitative estimate of drug-likeness (QED) is 0.625. The highest BCUT2D eigenvalue weighted by atomic mass is 32.1. The van der Waals surface area contributed by atoms with Gasteiger partial charge in [0, 0.05) is 17.1 Å². The number of para-hydroxylation sites is 1. The molecule has 2 heterocycles. The van der Waals surface area contributed by atoms with Crippen molar-refractivity contribution in [1.82, 2.24) is 4.57 Å². The maximum Gasteiger partial charge on any atom is 0.419 e. The number of rotatable bonds is 2. The fourth-order valence-corrected chi connectivity index (χ4v) is 3.14. The molecule has 0 aliphatic rings. The molecule has 0 spiro atoms. The first kappa shape index (κ1) is 15.5. The van der Waals surface area contributed by atoms with Crippen molar-refractivity contribution in [3.05, 3.63) is 46.8 Å². The Morgan fingerprint density at radius 2 is 2.00 bits per heavy atom. The smallest absolute Gasteiger partial charge is 0.419 e. The van der Waals surface area contributed by atoms with E-state index < -0.39 is 11.7 Å². The van der Waals surface area contributed by atoms with Gasteiger partial charge in [-0.2, -0.15) is 0 Å². The van der Waals surface area contributed by atoms with Gasteiger partial charge in [-0.25, -0.2) is 4.79 Å². The minimum atomic E-state index is -0.560. The van der Waals surface area contributed by atoms with Crippen molar-refractivity contribution in [1.29, 1.82) is 0 Å². The van der Waals surface area contributed by atoms with Crippen molar-refractivity contribution < 1.29 is 14.3 Å². The lowest BCUT2D eigenvalue weighted by molar-refractivity contribution is 0.0544. The molecular weight excluding hydrogens is 310 g/mol. The molecule has 0 unspecified atom stereocenters. The Kier molecular flexibility index (Phi) is 3.82. The molecule has 0 aliphatic heterocycles. The average molecular weight is 327 g/mol. The molecule has 23 heavy (non-hydrogen) atoms. The van der Waals surface area contributed by atoms with E-state index in [-0.39, 0.29) is 0 Å². The predicted octanol–water partition coefficient (Wildman–Crippen LogP) is 4.97. The minimum absolute atomic E-state index is 0.411. The number of aldehydes is 1. The van der Waals surface area contributed by atoms with E-state index in [1.54, 1.807) is 6.20 Å². The van der Waals surface area contributed by atoms with Crippen LogP contribution in [0.3, 0.4) is 0 Å². The van der Waals surface area contributed by atoms with Crippen LogP contribution in [0.5, 0.6) is 0 Å². The molecule has 118 valence electrons. The lowest BCUT2D eigenvalue weighted by atomic mass is 10.1. The number of carbonyl (C=O) groups excluding carboxylic acids is 2. The molecule has 0 radical (unpaired) electrons. The van der Waals surface area contributed by atoms with Gasteiger partial charge in [0.15, 0.2) is 6.29 Å². The third-order valence-electron chi connectivity index (χ3n) is 3.35. The van der Waals surface area contributed by atoms with Crippen LogP contribution in [0.25, 0.3) is 22.0 Å². The lowest BCUT2D eigenvalue weighted by Crippen LogP contribution is -2.26. The third-order valence-corrected chi connectivity index (χ3v) is 4.21. The zero-order valence-corrected chi connectivity index (χ0v) is 14.0. The van der Waals surface area contributed by atoms with Crippen LogP contribution in [0.2, 0.25) is 0 Å². The first-order valence-electron chi connectivity index (χ1n) is 7.26. The molecule has 0 N–H and O–H groups in total. The normalized spacial score (nSPS) is 11.6. The number of ether oxygens (including phenoxy) is 1. The average Bonchev–Trinajstić information content (AvgIpc) is 3.09. The Bertz CT molecular complexity index is 883. The van der Waals surface area contributed by atoms with Gasteiger partial charge in [0.1, 0.15) is 5.60 Å². The summed E-state index contributed by atoms with van der Waals surface area (Å²) in [5.74, 6) is 0. The highest BCUT2D eigenvalue weighted by Crippen LogP contribution is 2.33. The Labute approximate surface area is 138 Å². The number of hydrogen-bond donors (Lipinski definition) is 0. The summed E-state index contributed by atoms with van der Waals surface area (Å²) in [5.41, 5.74) is 2.07. The number of fused-ring (bicyclic) bond motifs is 1. The van der Waals surface area contributed by atoms with Crippen LogP contribution in [-0.2, 0) is 4.74 Å². The molecule has 1 aromatic carbocycles. The second-order valence-corrected chi connectivity index (χ2v) is 7.21. The topological polar surface area (TPSA) is 48.3 Å². The van der Waals surface area contributed by atoms with E-state index in [4.69, 9.17) is 4.74 Å². The SMILES string of the molecule is CC(C)(C)OC(=O)n1cc(-c2csc(C=O)c2)c2ccccc21. The molecule has 4 nitrogen and oxygen atoms in total. The van der Waals surface area contributed by atoms with Crippen LogP contribution in [-0.4, -0.2) is 22.5 Å². The van der Waals surface area contributed by atoms with Crippen molar-refractivity contribution in [3.8, 4) is 11.1 Å². The summed E-state index contributed by atoms with van der Waals surface area (Å²) in [7, 11) is 0. The molecule has 0 saturated heterocycles. The van der Waals surface area contributed by atoms with E-state index in [1.165, 1.54) is 15.9 Å². The van der Waals surface area contributed by atoms with Gasteiger partial charge in [0.05, 0.1) is 10.4 Å². The van der Waals surface area contributed by atoms with Crippen LogP contribution in [0.15, 0.2) is 41.9 Å². The molecule has 5 heteroatoms. The van der Waals surface area contributed by atoms with Crippen LogP contribution in [0, 0.1) is 0 Å². The molecule has 0 aliphatic carbocycles. The van der Waals surface area contributed by atoms with E-state index in [0.29, 0.717) is 4.88 Å². The number of benzene rings is 1. The van der Waals surface area contributed by atoms with Crippen LogP contribution >= 0.6 is 11.3 Å². The van der Waals surface area contributed by atoms with Crippen LogP contribution < -0.4 is 0 Å². The van der Waals surface area contributed by atoms with Gasteiger partial charge in [-0.3, -0.25) is 9.36 Å². The first-order chi connectivity index (χ1) is 10.9. The molecule has 0 amide bonds. The second-order valence-electron chi connectivity index (χ2n) is 6.27. The van der Waals surface area contributed by atoms with E-state index in [0.717, 1.165) is 28.3 Å². The highest BCUT2D eigenvalue weighted by Gasteiger charge is 2.21. The van der Waals surface area contributed by atoms with Crippen LogP contribution in [0.4, 0.5) is 4.79 Å². The second kappa shape index (κ2) is 5.66. The standard InChI is InChI=1S/C18H17NO3S/c1-18(2,3)22-17(21)19-9-15(12-8-13(10-20)23-11-12)14-6-4-5-7-16(14)19/h4-11H,1-3H3. The number of hydrogen-bond acceptors (Lipinski definition) is 4. The summed E-state index contributed by atoms with van der Waals surface area (Å²) in [5, 5.41) is 2.87. The fourth-order valence-electron chi connectivity index (χ4n) is 2.43. The van der Waals surface area contributed by atoms with Gasteiger partial charge < -0.3 is 4.74 Å². The molecule has 0 bridgehead atoms. The number of nitrogens with zero attached hydrogens (tertiary/aromatic N) is 1. The summed E-state index contributed by atoms with van der Waals surface area (Å²) in [4.78, 5) is 24.0. The summed E-state index contributed by atoms with van der Waals surface area (Å²) < 4.78 is 7.00. The number of aromatic nitrogens is 1. The van der Waals surface area contributed by atoms with Crippen molar-refractivity contribution in [2.75, 3.05) is 0 Å². The Balaban J connectivity index is 2.13. The van der Waals surface area contributed by atoms with Crippen molar-refractivity contribution in [2.45, 2.75) is 26.4 Å². The van der Waals surface area contributed by atoms with Gasteiger partial charge in [-0.15, -0.1) is 11.3 Å². The zero-order chi connectivity index (χ0) is 16.6. The maximum absolute atomic E-state index is 12.5. The minimum Gasteiger partial charge on any atom is -0.443 e. The van der Waals surface area contributed by atoms with Crippen molar-refractivity contribution in [2.24, 2.45) is 0 Å². The molecule has 0 atom stereocenters. The van der Waals surface area contributed by atoms with Gasteiger partial charge in [0.25, 0.3) is 0 Å². The Morgan fingerprint density at radius 3 is 2.65 bits per heavy atom. The van der Waals surface area contributed by atoms with E-state index in [2.05, 4.69) is 0 Å². The summed E-state index contributed by atoms with van der Waals surface area (Å²) in [6, 6.07) is 9.49. The van der Waals surface area contributed by atoms with Crippen LogP contribution in [0.1, 0.15) is 30.4 Å². The van der Waals surface area contributed by atoms with Gasteiger partial charge in [-0.1, -0.05) is 18.2 Å². The maximum atomic E-state index is 12.5. The van der Waals surface area contributed by atoms with E-state index in [9.17, 15) is 9.59 Å². The zero-order valence-electron chi connectivity index (χ0n) is 13.2. The monoisotopic (exact) mass is 327 g/mol. The lowest BCUT2D eigenvalue weighted by Gasteiger charge is -2.19.